The quantitative estimate of drug-likeness (QED) is 0.722. The van der Waals surface area contributed by atoms with E-state index < -0.39 is 5.97 Å². The Morgan fingerprint density at radius 1 is 0.950 bits per heavy atom. The smallest absolute Gasteiger partial charge is 0.320 e. The summed E-state index contributed by atoms with van der Waals surface area (Å²) in [6.45, 7) is 12.4. The second-order valence-electron chi connectivity index (χ2n) is 6.04. The second kappa shape index (κ2) is 7.36. The Morgan fingerprint density at radius 3 is 1.85 bits per heavy atom. The molecule has 2 aliphatic rings. The molecular formula is C14H28N4O2. The van der Waals surface area contributed by atoms with E-state index in [4.69, 9.17) is 5.11 Å². The lowest BCUT2D eigenvalue weighted by Gasteiger charge is -2.38. The summed E-state index contributed by atoms with van der Waals surface area (Å²) in [5, 5.41) is 9.03. The predicted molar refractivity (Wildman–Crippen MR) is 79.0 cm³/mol. The zero-order valence-electron chi connectivity index (χ0n) is 12.8. The van der Waals surface area contributed by atoms with Crippen molar-refractivity contribution in [1.29, 1.82) is 0 Å². The van der Waals surface area contributed by atoms with Gasteiger partial charge in [-0.1, -0.05) is 0 Å². The van der Waals surface area contributed by atoms with Crippen molar-refractivity contribution in [2.75, 3.05) is 72.5 Å². The van der Waals surface area contributed by atoms with Gasteiger partial charge in [-0.15, -0.1) is 0 Å². The molecule has 0 radical (unpaired) electrons. The van der Waals surface area contributed by atoms with E-state index in [-0.39, 0.29) is 6.04 Å². The normalized spacial score (nSPS) is 25.7. The highest BCUT2D eigenvalue weighted by atomic mass is 16.4. The SMILES string of the molecule is CC(C(=O)O)N1CCN(CCN2CCN(C)CC2)CC1. The lowest BCUT2D eigenvalue weighted by Crippen LogP contribution is -2.53. The van der Waals surface area contributed by atoms with Crippen LogP contribution in [0.15, 0.2) is 0 Å². The molecule has 1 atom stereocenters. The zero-order chi connectivity index (χ0) is 14.5. The molecule has 0 spiro atoms. The summed E-state index contributed by atoms with van der Waals surface area (Å²) >= 11 is 0. The Morgan fingerprint density at radius 2 is 1.40 bits per heavy atom. The highest BCUT2D eigenvalue weighted by molar-refractivity contribution is 5.72. The van der Waals surface area contributed by atoms with Gasteiger partial charge in [-0.05, 0) is 14.0 Å². The third-order valence-corrected chi connectivity index (χ3v) is 4.64. The fourth-order valence-electron chi connectivity index (χ4n) is 2.88. The lowest BCUT2D eigenvalue weighted by molar-refractivity contribution is -0.143. The molecule has 2 aliphatic heterocycles. The number of hydrogen-bond acceptors (Lipinski definition) is 5. The Balaban J connectivity index is 1.63. The maximum atomic E-state index is 11.0. The summed E-state index contributed by atoms with van der Waals surface area (Å²) in [6.07, 6.45) is 0. The van der Waals surface area contributed by atoms with Crippen molar-refractivity contribution in [2.45, 2.75) is 13.0 Å². The van der Waals surface area contributed by atoms with Crippen LogP contribution in [0, 0.1) is 0 Å². The average Bonchev–Trinajstić information content (AvgIpc) is 2.46. The van der Waals surface area contributed by atoms with Crippen LogP contribution in [0.3, 0.4) is 0 Å². The van der Waals surface area contributed by atoms with Gasteiger partial charge in [0.25, 0.3) is 0 Å². The summed E-state index contributed by atoms with van der Waals surface area (Å²) in [4.78, 5) is 20.4. The molecule has 1 N–H and O–H groups in total. The van der Waals surface area contributed by atoms with E-state index in [9.17, 15) is 4.79 Å². The molecule has 20 heavy (non-hydrogen) atoms. The van der Waals surface area contributed by atoms with Crippen LogP contribution in [0.1, 0.15) is 6.92 Å². The number of carbonyl (C=O) groups is 1. The summed E-state index contributed by atoms with van der Waals surface area (Å²) in [5.41, 5.74) is 0. The molecule has 6 nitrogen and oxygen atoms in total. The van der Waals surface area contributed by atoms with Crippen LogP contribution in [0.2, 0.25) is 0 Å². The van der Waals surface area contributed by atoms with Gasteiger partial charge in [-0.25, -0.2) is 0 Å². The van der Waals surface area contributed by atoms with E-state index in [0.717, 1.165) is 39.3 Å². The van der Waals surface area contributed by atoms with Gasteiger partial charge >= 0.3 is 5.97 Å². The van der Waals surface area contributed by atoms with E-state index in [1.54, 1.807) is 6.92 Å². The zero-order valence-corrected chi connectivity index (χ0v) is 12.8. The van der Waals surface area contributed by atoms with Crippen LogP contribution < -0.4 is 0 Å². The minimum atomic E-state index is -0.712. The molecule has 2 fully saturated rings. The Kier molecular flexibility index (Phi) is 5.77. The third kappa shape index (κ3) is 4.41. The van der Waals surface area contributed by atoms with Crippen molar-refractivity contribution in [3.8, 4) is 0 Å². The monoisotopic (exact) mass is 284 g/mol. The summed E-state index contributed by atoms with van der Waals surface area (Å²) in [6, 6.07) is -0.352. The lowest BCUT2D eigenvalue weighted by atomic mass is 10.2. The molecule has 6 heteroatoms. The van der Waals surface area contributed by atoms with Gasteiger partial charge < -0.3 is 10.0 Å². The number of hydrogen-bond donors (Lipinski definition) is 1. The largest absolute Gasteiger partial charge is 0.480 e. The van der Waals surface area contributed by atoms with Crippen molar-refractivity contribution < 1.29 is 9.90 Å². The molecule has 116 valence electrons. The average molecular weight is 284 g/mol. The first-order chi connectivity index (χ1) is 9.56. The van der Waals surface area contributed by atoms with Crippen LogP contribution in [-0.4, -0.2) is 109 Å². The van der Waals surface area contributed by atoms with Crippen molar-refractivity contribution in [3.63, 3.8) is 0 Å². The van der Waals surface area contributed by atoms with Gasteiger partial charge in [0, 0.05) is 65.4 Å². The maximum absolute atomic E-state index is 11.0. The highest BCUT2D eigenvalue weighted by Crippen LogP contribution is 2.07. The van der Waals surface area contributed by atoms with Gasteiger partial charge in [0.1, 0.15) is 6.04 Å². The number of piperazine rings is 2. The molecule has 0 aromatic rings. The molecule has 0 aromatic heterocycles. The van der Waals surface area contributed by atoms with Gasteiger partial charge in [-0.3, -0.25) is 19.5 Å². The minimum Gasteiger partial charge on any atom is -0.480 e. The fourth-order valence-corrected chi connectivity index (χ4v) is 2.88. The molecule has 1 unspecified atom stereocenters. The fraction of sp³-hybridized carbons (Fsp3) is 0.929. The Labute approximate surface area is 121 Å². The van der Waals surface area contributed by atoms with E-state index >= 15 is 0 Å². The number of carboxylic acids is 1. The van der Waals surface area contributed by atoms with E-state index in [2.05, 4.69) is 26.6 Å². The van der Waals surface area contributed by atoms with Crippen LogP contribution in [0.5, 0.6) is 0 Å². The number of rotatable bonds is 5. The first kappa shape index (κ1) is 15.7. The number of likely N-dealkylation sites (N-methyl/N-ethyl adjacent to an activating group) is 1. The van der Waals surface area contributed by atoms with E-state index in [0.29, 0.717) is 0 Å². The van der Waals surface area contributed by atoms with Crippen molar-refractivity contribution in [2.24, 2.45) is 0 Å². The molecule has 2 heterocycles. The number of aliphatic carboxylic acids is 1. The van der Waals surface area contributed by atoms with Gasteiger partial charge in [0.15, 0.2) is 0 Å². The molecule has 2 rings (SSSR count). The first-order valence-electron chi connectivity index (χ1n) is 7.66. The molecule has 2 saturated heterocycles. The van der Waals surface area contributed by atoms with Gasteiger partial charge in [0.2, 0.25) is 0 Å². The van der Waals surface area contributed by atoms with Gasteiger partial charge in [0.05, 0.1) is 0 Å². The number of carboxylic acid groups (broad SMARTS) is 1. The standard InChI is InChI=1S/C14H28N4O2/c1-13(14(19)20)18-11-9-17(10-12-18)8-7-16-5-3-15(2)4-6-16/h13H,3-12H2,1-2H3,(H,19,20). The number of nitrogens with zero attached hydrogens (tertiary/aromatic N) is 4. The van der Waals surface area contributed by atoms with Crippen LogP contribution >= 0.6 is 0 Å². The summed E-state index contributed by atoms with van der Waals surface area (Å²) in [7, 11) is 2.18. The third-order valence-electron chi connectivity index (χ3n) is 4.64. The minimum absolute atomic E-state index is 0.352. The molecule has 0 amide bonds. The first-order valence-corrected chi connectivity index (χ1v) is 7.66. The second-order valence-corrected chi connectivity index (χ2v) is 6.04. The maximum Gasteiger partial charge on any atom is 0.320 e. The van der Waals surface area contributed by atoms with Crippen LogP contribution in [0.25, 0.3) is 0 Å². The topological polar surface area (TPSA) is 50.3 Å². The molecular weight excluding hydrogens is 256 g/mol. The molecule has 0 aromatic carbocycles. The summed E-state index contributed by atoms with van der Waals surface area (Å²) < 4.78 is 0. The molecule has 0 saturated carbocycles. The predicted octanol–water partition coefficient (Wildman–Crippen LogP) is -0.675. The Bertz CT molecular complexity index is 310. The van der Waals surface area contributed by atoms with Gasteiger partial charge in [-0.2, -0.15) is 0 Å². The molecule has 0 aliphatic carbocycles. The van der Waals surface area contributed by atoms with Crippen molar-refractivity contribution in [1.82, 2.24) is 19.6 Å². The van der Waals surface area contributed by atoms with Crippen LogP contribution in [-0.2, 0) is 4.79 Å². The van der Waals surface area contributed by atoms with Crippen molar-refractivity contribution >= 4 is 5.97 Å². The van der Waals surface area contributed by atoms with Crippen LogP contribution in [0.4, 0.5) is 0 Å². The van der Waals surface area contributed by atoms with E-state index in [1.165, 1.54) is 26.2 Å². The summed E-state index contributed by atoms with van der Waals surface area (Å²) in [5.74, 6) is -0.712. The highest BCUT2D eigenvalue weighted by Gasteiger charge is 2.25. The van der Waals surface area contributed by atoms with E-state index in [1.807, 2.05) is 0 Å². The molecule has 0 bridgehead atoms. The Hall–Kier alpha value is -0.690. The van der Waals surface area contributed by atoms with Crippen molar-refractivity contribution in [3.05, 3.63) is 0 Å².